The molecule has 0 amide bonds. The molecule has 0 aromatic carbocycles. The quantitative estimate of drug-likeness (QED) is 0.318. The SMILES string of the molecule is [2H]C([2H])([2H])/C(C)=C/CC(CC#C)(C(=O)OC)C(=O)OC. The first-order valence-electron chi connectivity index (χ1n) is 6.43. The third-order valence-electron chi connectivity index (χ3n) is 2.31. The Bertz CT molecular complexity index is 428. The molecule has 0 fully saturated rings. The summed E-state index contributed by atoms with van der Waals surface area (Å²) < 4.78 is 30.9. The van der Waals surface area contributed by atoms with Crippen molar-refractivity contribution in [2.75, 3.05) is 14.2 Å². The summed E-state index contributed by atoms with van der Waals surface area (Å²) in [5.41, 5.74) is -1.66. The fraction of sp³-hybridized carbons (Fsp3) is 0.538. The fourth-order valence-electron chi connectivity index (χ4n) is 1.36. The van der Waals surface area contributed by atoms with Crippen LogP contribution in [0.3, 0.4) is 0 Å². The molecule has 0 bridgehead atoms. The average molecular weight is 241 g/mol. The Kier molecular flexibility index (Phi) is 4.12. The van der Waals surface area contributed by atoms with E-state index in [-0.39, 0.29) is 18.4 Å². The van der Waals surface area contributed by atoms with E-state index in [1.54, 1.807) is 0 Å². The molecule has 94 valence electrons. The minimum atomic E-state index is -2.30. The van der Waals surface area contributed by atoms with Crippen molar-refractivity contribution in [3.05, 3.63) is 11.6 Å². The zero-order valence-electron chi connectivity index (χ0n) is 13.2. The third-order valence-corrected chi connectivity index (χ3v) is 2.31. The zero-order valence-corrected chi connectivity index (χ0v) is 10.2. The van der Waals surface area contributed by atoms with Gasteiger partial charge in [0.25, 0.3) is 0 Å². The van der Waals surface area contributed by atoms with Crippen LogP contribution in [-0.2, 0) is 19.1 Å². The van der Waals surface area contributed by atoms with Gasteiger partial charge in [-0.05, 0) is 20.2 Å². The number of methoxy groups -OCH3 is 2. The van der Waals surface area contributed by atoms with Gasteiger partial charge < -0.3 is 9.47 Å². The highest BCUT2D eigenvalue weighted by Crippen LogP contribution is 2.31. The summed E-state index contributed by atoms with van der Waals surface area (Å²) in [6.45, 7) is -0.906. The minimum absolute atomic E-state index is 0.0618. The molecule has 0 aromatic rings. The molecular formula is C13H18O4. The number of hydrogen-bond donors (Lipinski definition) is 0. The molecule has 0 saturated carbocycles. The van der Waals surface area contributed by atoms with Crippen LogP contribution in [0.25, 0.3) is 0 Å². The molecule has 0 radical (unpaired) electrons. The summed E-state index contributed by atoms with van der Waals surface area (Å²) in [5, 5.41) is 0. The summed E-state index contributed by atoms with van der Waals surface area (Å²) in [6.07, 6.45) is 6.05. The summed E-state index contributed by atoms with van der Waals surface area (Å²) in [4.78, 5) is 23.8. The molecule has 4 heteroatoms. The summed E-state index contributed by atoms with van der Waals surface area (Å²) in [6, 6.07) is 0. The molecule has 17 heavy (non-hydrogen) atoms. The number of rotatable bonds is 5. The van der Waals surface area contributed by atoms with Crippen LogP contribution in [-0.4, -0.2) is 26.2 Å². The Labute approximate surface area is 106 Å². The fourth-order valence-corrected chi connectivity index (χ4v) is 1.36. The smallest absolute Gasteiger partial charge is 0.324 e. The molecule has 0 rings (SSSR count). The Morgan fingerprint density at radius 1 is 1.41 bits per heavy atom. The highest BCUT2D eigenvalue weighted by molar-refractivity contribution is 6.00. The monoisotopic (exact) mass is 241 g/mol. The second-order valence-corrected chi connectivity index (χ2v) is 3.54. The molecule has 4 nitrogen and oxygen atoms in total. The number of ether oxygens (including phenoxy) is 2. The zero-order chi connectivity index (χ0) is 16.0. The van der Waals surface area contributed by atoms with E-state index in [0.717, 1.165) is 14.2 Å². The van der Waals surface area contributed by atoms with E-state index in [9.17, 15) is 9.59 Å². The van der Waals surface area contributed by atoms with Gasteiger partial charge in [-0.2, -0.15) is 0 Å². The highest BCUT2D eigenvalue weighted by Gasteiger charge is 2.47. The molecule has 0 N–H and O–H groups in total. The number of terminal acetylenes is 1. The average Bonchev–Trinajstić information content (AvgIpc) is 2.40. The van der Waals surface area contributed by atoms with Crippen molar-refractivity contribution in [3.63, 3.8) is 0 Å². The van der Waals surface area contributed by atoms with E-state index in [2.05, 4.69) is 15.4 Å². The van der Waals surface area contributed by atoms with Crippen LogP contribution in [0.1, 0.15) is 30.7 Å². The third kappa shape index (κ3) is 3.63. The van der Waals surface area contributed by atoms with Crippen LogP contribution in [0.5, 0.6) is 0 Å². The Morgan fingerprint density at radius 2 is 1.94 bits per heavy atom. The van der Waals surface area contributed by atoms with Crippen molar-refractivity contribution in [3.8, 4) is 12.3 Å². The van der Waals surface area contributed by atoms with Gasteiger partial charge in [0.15, 0.2) is 5.41 Å². The molecule has 0 unspecified atom stereocenters. The number of carbonyl (C=O) groups is 2. The molecule has 0 aliphatic rings. The maximum atomic E-state index is 11.9. The van der Waals surface area contributed by atoms with Crippen LogP contribution in [0.2, 0.25) is 0 Å². The normalized spacial score (nSPS) is 14.9. The van der Waals surface area contributed by atoms with Crippen LogP contribution >= 0.6 is 0 Å². The lowest BCUT2D eigenvalue weighted by atomic mass is 9.80. The molecule has 0 saturated heterocycles. The first kappa shape index (κ1) is 10.4. The Hall–Kier alpha value is -1.76. The van der Waals surface area contributed by atoms with Crippen LogP contribution in [0.4, 0.5) is 0 Å². The summed E-state index contributed by atoms with van der Waals surface area (Å²) >= 11 is 0. The van der Waals surface area contributed by atoms with Crippen molar-refractivity contribution in [1.82, 2.24) is 0 Å². The van der Waals surface area contributed by atoms with Gasteiger partial charge in [0, 0.05) is 10.5 Å². The molecule has 0 aliphatic carbocycles. The first-order chi connectivity index (χ1) is 9.15. The number of hydrogen-bond acceptors (Lipinski definition) is 4. The van der Waals surface area contributed by atoms with Gasteiger partial charge in [-0.3, -0.25) is 9.59 Å². The van der Waals surface area contributed by atoms with Gasteiger partial charge in [-0.15, -0.1) is 12.3 Å². The number of carbonyl (C=O) groups excluding carboxylic acids is 2. The second-order valence-electron chi connectivity index (χ2n) is 3.54. The molecule has 0 heterocycles. The first-order valence-corrected chi connectivity index (χ1v) is 4.93. The minimum Gasteiger partial charge on any atom is -0.468 e. The van der Waals surface area contributed by atoms with Crippen LogP contribution < -0.4 is 0 Å². The Balaban J connectivity index is 5.60. The van der Waals surface area contributed by atoms with E-state index < -0.39 is 24.2 Å². The maximum Gasteiger partial charge on any atom is 0.324 e. The lowest BCUT2D eigenvalue weighted by molar-refractivity contribution is -0.168. The van der Waals surface area contributed by atoms with Crippen LogP contribution in [0.15, 0.2) is 11.6 Å². The molecular weight excluding hydrogens is 220 g/mol. The predicted molar refractivity (Wildman–Crippen MR) is 64.0 cm³/mol. The predicted octanol–water partition coefficient (Wildman–Crippen LogP) is 1.70. The van der Waals surface area contributed by atoms with Crippen molar-refractivity contribution in [1.29, 1.82) is 0 Å². The van der Waals surface area contributed by atoms with E-state index in [1.165, 1.54) is 13.0 Å². The molecule has 0 aromatic heterocycles. The second kappa shape index (κ2) is 6.74. The lowest BCUT2D eigenvalue weighted by Crippen LogP contribution is -2.40. The van der Waals surface area contributed by atoms with Gasteiger partial charge in [0.05, 0.1) is 14.2 Å². The summed E-state index contributed by atoms with van der Waals surface area (Å²) in [5.74, 6) is 0.530. The van der Waals surface area contributed by atoms with E-state index in [1.807, 2.05) is 0 Å². The lowest BCUT2D eigenvalue weighted by Gasteiger charge is -2.25. The van der Waals surface area contributed by atoms with Crippen molar-refractivity contribution in [2.45, 2.75) is 26.6 Å². The molecule has 0 spiro atoms. The number of esters is 2. The molecule has 0 aliphatic heterocycles. The van der Waals surface area contributed by atoms with Gasteiger partial charge >= 0.3 is 11.9 Å². The topological polar surface area (TPSA) is 52.6 Å². The van der Waals surface area contributed by atoms with Crippen molar-refractivity contribution >= 4 is 11.9 Å². The van der Waals surface area contributed by atoms with E-state index >= 15 is 0 Å². The van der Waals surface area contributed by atoms with Gasteiger partial charge in [0.2, 0.25) is 0 Å². The largest absolute Gasteiger partial charge is 0.468 e. The van der Waals surface area contributed by atoms with Gasteiger partial charge in [-0.1, -0.05) is 11.6 Å². The van der Waals surface area contributed by atoms with E-state index in [0.29, 0.717) is 0 Å². The highest BCUT2D eigenvalue weighted by atomic mass is 16.5. The number of allylic oxidation sites excluding steroid dienone is 2. The molecule has 0 atom stereocenters. The van der Waals surface area contributed by atoms with Crippen molar-refractivity contribution in [2.24, 2.45) is 5.41 Å². The Morgan fingerprint density at radius 3 is 2.29 bits per heavy atom. The standard InChI is InChI=1S/C13H18O4/c1-6-8-13(11(14)16-4,12(15)17-5)9-7-10(2)3/h1,7H,8-9H2,2-5H3/i2D3/b10-7-. The van der Waals surface area contributed by atoms with Gasteiger partial charge in [-0.25, -0.2) is 0 Å². The van der Waals surface area contributed by atoms with Crippen LogP contribution in [0, 0.1) is 17.8 Å². The maximum absolute atomic E-state index is 11.9. The summed E-state index contributed by atoms with van der Waals surface area (Å²) in [7, 11) is 2.24. The van der Waals surface area contributed by atoms with Crippen molar-refractivity contribution < 1.29 is 23.2 Å². The van der Waals surface area contributed by atoms with Gasteiger partial charge in [0.1, 0.15) is 0 Å². The van der Waals surface area contributed by atoms with E-state index in [4.69, 9.17) is 10.5 Å².